The summed E-state index contributed by atoms with van der Waals surface area (Å²) in [6.07, 6.45) is 2.33. The Labute approximate surface area is 231 Å². The number of methoxy groups -OCH3 is 1. The lowest BCUT2D eigenvalue weighted by Gasteiger charge is -2.43. The Balaban J connectivity index is 1.54. The quantitative estimate of drug-likeness (QED) is 0.345. The highest BCUT2D eigenvalue weighted by atomic mass is 35.5. The van der Waals surface area contributed by atoms with Crippen molar-refractivity contribution in [3.8, 4) is 11.6 Å². The van der Waals surface area contributed by atoms with E-state index >= 15 is 0 Å². The first-order valence-corrected chi connectivity index (χ1v) is 13.5. The minimum Gasteiger partial charge on any atom is -0.493 e. The predicted octanol–water partition coefficient (Wildman–Crippen LogP) is 5.41. The van der Waals surface area contributed by atoms with Crippen LogP contribution in [-0.2, 0) is 24.9 Å². The third kappa shape index (κ3) is 6.69. The van der Waals surface area contributed by atoms with Crippen LogP contribution in [0.5, 0.6) is 11.6 Å². The molecular weight excluding hydrogens is 500 g/mol. The summed E-state index contributed by atoms with van der Waals surface area (Å²) in [7, 11) is 5.47. The van der Waals surface area contributed by atoms with Crippen molar-refractivity contribution in [2.45, 2.75) is 46.2 Å². The lowest BCUT2D eigenvalue weighted by Crippen LogP contribution is -2.48. The molecule has 7 nitrogen and oxygen atoms in total. The fourth-order valence-corrected chi connectivity index (χ4v) is 5.56. The van der Waals surface area contributed by atoms with Crippen LogP contribution < -0.4 is 9.47 Å². The molecule has 0 aliphatic carbocycles. The number of rotatable bonds is 10. The number of aryl methyl sites for hydroxylation is 3. The lowest BCUT2D eigenvalue weighted by molar-refractivity contribution is -0.135. The molecule has 1 amide bonds. The number of benzene rings is 2. The molecule has 1 aliphatic heterocycles. The second-order valence-corrected chi connectivity index (χ2v) is 11.0. The average molecular weight is 539 g/mol. The molecule has 0 N–H and O–H groups in total. The van der Waals surface area contributed by atoms with Gasteiger partial charge in [0.1, 0.15) is 5.75 Å². The molecule has 2 heterocycles. The number of aromatic nitrogens is 2. The van der Waals surface area contributed by atoms with Crippen molar-refractivity contribution in [1.29, 1.82) is 0 Å². The molecule has 1 fully saturated rings. The Bertz CT molecular complexity index is 1250. The molecule has 0 spiro atoms. The Morgan fingerprint density at radius 2 is 1.95 bits per heavy atom. The van der Waals surface area contributed by atoms with Crippen LogP contribution in [0, 0.1) is 19.3 Å². The first-order valence-electron chi connectivity index (χ1n) is 13.2. The number of hydrogen-bond acceptors (Lipinski definition) is 5. The summed E-state index contributed by atoms with van der Waals surface area (Å²) in [5.41, 5.74) is 3.83. The molecule has 2 aromatic carbocycles. The third-order valence-electron chi connectivity index (χ3n) is 7.49. The van der Waals surface area contributed by atoms with Gasteiger partial charge in [0, 0.05) is 50.6 Å². The first-order chi connectivity index (χ1) is 18.2. The largest absolute Gasteiger partial charge is 0.493 e. The van der Waals surface area contributed by atoms with Crippen LogP contribution in [0.4, 0.5) is 0 Å². The van der Waals surface area contributed by atoms with Gasteiger partial charge >= 0.3 is 0 Å². The number of carbonyl (C=O) groups is 1. The molecule has 1 saturated heterocycles. The number of amides is 1. The maximum Gasteiger partial charge on any atom is 0.223 e. The van der Waals surface area contributed by atoms with E-state index in [1.54, 1.807) is 11.8 Å². The minimum absolute atomic E-state index is 0.127. The fourth-order valence-electron chi connectivity index (χ4n) is 5.44. The topological polar surface area (TPSA) is 59.8 Å². The summed E-state index contributed by atoms with van der Waals surface area (Å²) >= 11 is 6.23. The standard InChI is InChI=1S/C30H39ClN4O3/c1-22-16-25(12-13-27(22)31)38-21-30(17-28(36)33(3)18-24-10-7-6-8-11-24)14-9-15-35(20-30)19-26-23(2)32-34(4)29(26)37-5/h6-8,10-13,16H,9,14-15,17-21H2,1-5H3. The maximum atomic E-state index is 13.6. The van der Waals surface area contributed by atoms with E-state index in [1.807, 2.05) is 69.2 Å². The van der Waals surface area contributed by atoms with E-state index < -0.39 is 0 Å². The molecular formula is C30H39ClN4O3. The van der Waals surface area contributed by atoms with Crippen LogP contribution >= 0.6 is 11.6 Å². The molecule has 1 unspecified atom stereocenters. The van der Waals surface area contributed by atoms with Crippen LogP contribution in [0.2, 0.25) is 5.02 Å². The number of likely N-dealkylation sites (tertiary alicyclic amines) is 1. The molecule has 1 aromatic heterocycles. The Morgan fingerprint density at radius 3 is 2.66 bits per heavy atom. The van der Waals surface area contributed by atoms with E-state index in [-0.39, 0.29) is 11.3 Å². The Hall–Kier alpha value is -3.03. The number of halogens is 1. The van der Waals surface area contributed by atoms with Gasteiger partial charge in [-0.15, -0.1) is 0 Å². The minimum atomic E-state index is -0.322. The molecule has 3 aromatic rings. The van der Waals surface area contributed by atoms with Gasteiger partial charge in [0.25, 0.3) is 0 Å². The summed E-state index contributed by atoms with van der Waals surface area (Å²) in [6.45, 7) is 7.46. The Morgan fingerprint density at radius 1 is 1.18 bits per heavy atom. The van der Waals surface area contributed by atoms with Crippen LogP contribution in [0.25, 0.3) is 0 Å². The predicted molar refractivity (Wildman–Crippen MR) is 151 cm³/mol. The zero-order valence-corrected chi connectivity index (χ0v) is 23.9. The van der Waals surface area contributed by atoms with Gasteiger partial charge in [-0.25, -0.2) is 4.68 Å². The molecule has 8 heteroatoms. The summed E-state index contributed by atoms with van der Waals surface area (Å²) in [5, 5.41) is 5.27. The van der Waals surface area contributed by atoms with Crippen molar-refractivity contribution >= 4 is 17.5 Å². The van der Waals surface area contributed by atoms with Gasteiger partial charge in [0.15, 0.2) is 0 Å². The van der Waals surface area contributed by atoms with Crippen LogP contribution in [0.3, 0.4) is 0 Å². The maximum absolute atomic E-state index is 13.6. The SMILES string of the molecule is COc1c(CN2CCCC(COc3ccc(Cl)c(C)c3)(CC(=O)N(C)Cc3ccccc3)C2)c(C)nn1C. The number of nitrogens with zero attached hydrogens (tertiary/aromatic N) is 4. The molecule has 0 bridgehead atoms. The van der Waals surface area contributed by atoms with Gasteiger partial charge in [-0.2, -0.15) is 5.10 Å². The van der Waals surface area contributed by atoms with Gasteiger partial charge in [-0.05, 0) is 62.6 Å². The first kappa shape index (κ1) is 28.0. The van der Waals surface area contributed by atoms with Crippen LogP contribution in [0.1, 0.15) is 41.6 Å². The second kappa shape index (κ2) is 12.2. The van der Waals surface area contributed by atoms with E-state index in [1.165, 1.54) is 0 Å². The zero-order valence-electron chi connectivity index (χ0n) is 23.2. The van der Waals surface area contributed by atoms with Crippen LogP contribution in [-0.4, -0.2) is 59.3 Å². The van der Waals surface area contributed by atoms with Crippen molar-refractivity contribution < 1.29 is 14.3 Å². The molecule has 0 radical (unpaired) electrons. The summed E-state index contributed by atoms with van der Waals surface area (Å²) in [4.78, 5) is 17.8. The zero-order chi connectivity index (χ0) is 27.3. The number of ether oxygens (including phenoxy) is 2. The van der Waals surface area contributed by atoms with E-state index in [0.717, 1.165) is 71.5 Å². The lowest BCUT2D eigenvalue weighted by atomic mass is 9.77. The van der Waals surface area contributed by atoms with E-state index in [2.05, 4.69) is 22.1 Å². The van der Waals surface area contributed by atoms with E-state index in [9.17, 15) is 4.79 Å². The van der Waals surface area contributed by atoms with E-state index in [4.69, 9.17) is 21.1 Å². The van der Waals surface area contributed by atoms with Gasteiger partial charge < -0.3 is 14.4 Å². The molecule has 0 saturated carbocycles. The van der Waals surface area contributed by atoms with Gasteiger partial charge in [0.05, 0.1) is 25.0 Å². The van der Waals surface area contributed by atoms with Crippen molar-refractivity contribution in [3.05, 3.63) is 75.9 Å². The van der Waals surface area contributed by atoms with Crippen molar-refractivity contribution in [1.82, 2.24) is 19.6 Å². The fraction of sp³-hybridized carbons (Fsp3) is 0.467. The van der Waals surface area contributed by atoms with Gasteiger partial charge in [-0.1, -0.05) is 41.9 Å². The van der Waals surface area contributed by atoms with E-state index in [0.29, 0.717) is 19.6 Å². The second-order valence-electron chi connectivity index (χ2n) is 10.6. The highest BCUT2D eigenvalue weighted by Crippen LogP contribution is 2.37. The molecule has 1 aliphatic rings. The van der Waals surface area contributed by atoms with Gasteiger partial charge in [0.2, 0.25) is 11.8 Å². The average Bonchev–Trinajstić information content (AvgIpc) is 3.17. The number of carbonyl (C=O) groups excluding carboxylic acids is 1. The Kier molecular flexibility index (Phi) is 9.00. The van der Waals surface area contributed by atoms with Crippen molar-refractivity contribution in [3.63, 3.8) is 0 Å². The highest BCUT2D eigenvalue weighted by Gasteiger charge is 2.39. The van der Waals surface area contributed by atoms with Crippen LogP contribution in [0.15, 0.2) is 48.5 Å². The molecule has 1 atom stereocenters. The normalized spacial score (nSPS) is 17.8. The van der Waals surface area contributed by atoms with Gasteiger partial charge in [-0.3, -0.25) is 9.69 Å². The summed E-state index contributed by atoms with van der Waals surface area (Å²) in [6, 6.07) is 15.8. The van der Waals surface area contributed by atoms with Crippen molar-refractivity contribution in [2.75, 3.05) is 33.9 Å². The molecule has 204 valence electrons. The number of hydrogen-bond donors (Lipinski definition) is 0. The summed E-state index contributed by atoms with van der Waals surface area (Å²) < 4.78 is 13.8. The number of piperidine rings is 1. The monoisotopic (exact) mass is 538 g/mol. The molecule has 4 rings (SSSR count). The smallest absolute Gasteiger partial charge is 0.223 e. The molecule has 38 heavy (non-hydrogen) atoms. The van der Waals surface area contributed by atoms with Crippen molar-refractivity contribution in [2.24, 2.45) is 12.5 Å². The third-order valence-corrected chi connectivity index (χ3v) is 7.92. The summed E-state index contributed by atoms with van der Waals surface area (Å²) in [5.74, 6) is 1.69. The highest BCUT2D eigenvalue weighted by molar-refractivity contribution is 6.31.